The molecule has 3 nitrogen and oxygen atoms in total. The van der Waals surface area contributed by atoms with Crippen LogP contribution < -0.4 is 0 Å². The van der Waals surface area contributed by atoms with Gasteiger partial charge in [-0.1, -0.05) is 42.5 Å². The van der Waals surface area contributed by atoms with Crippen molar-refractivity contribution < 1.29 is 14.2 Å². The molecule has 0 aliphatic carbocycles. The molecule has 1 atom stereocenters. The zero-order chi connectivity index (χ0) is 16.7. The lowest BCUT2D eigenvalue weighted by molar-refractivity contribution is -0.162. The molecule has 0 radical (unpaired) electrons. The predicted octanol–water partition coefficient (Wildman–Crippen LogP) is 5.25. The molecule has 2 rings (SSSR count). The molecular weight excluding hydrogens is 300 g/mol. The molecule has 1 aromatic carbocycles. The fraction of sp³-hybridized carbons (Fsp3) is 0.619. The van der Waals surface area contributed by atoms with Crippen LogP contribution in [0, 0.1) is 0 Å². The molecule has 134 valence electrons. The van der Waals surface area contributed by atoms with Crippen LogP contribution in [0.3, 0.4) is 0 Å². The Balaban J connectivity index is 1.33. The summed E-state index contributed by atoms with van der Waals surface area (Å²) >= 11 is 0. The summed E-state index contributed by atoms with van der Waals surface area (Å²) in [6, 6.07) is 10.3. The standard InChI is InChI=1S/C21H32O3/c1(3-5-11-17-23-21-15-9-12-18-24-21)2-4-10-16-22-19-20-13-7-6-8-14-20/h1,3,6-8,13-14,21H,2,4-5,9-12,15-19H2/b3-1+. The molecule has 3 heteroatoms. The molecule has 1 aliphatic rings. The first kappa shape index (κ1) is 19.2. The van der Waals surface area contributed by atoms with Gasteiger partial charge in [0.2, 0.25) is 0 Å². The minimum absolute atomic E-state index is 0.0543. The van der Waals surface area contributed by atoms with Crippen molar-refractivity contribution >= 4 is 0 Å². The second-order valence-electron chi connectivity index (χ2n) is 6.31. The van der Waals surface area contributed by atoms with Gasteiger partial charge in [0.25, 0.3) is 0 Å². The van der Waals surface area contributed by atoms with Gasteiger partial charge < -0.3 is 14.2 Å². The molecule has 1 aromatic rings. The van der Waals surface area contributed by atoms with Gasteiger partial charge in [-0.15, -0.1) is 0 Å². The highest BCUT2D eigenvalue weighted by atomic mass is 16.7. The van der Waals surface area contributed by atoms with Crippen LogP contribution in [0.4, 0.5) is 0 Å². The lowest BCUT2D eigenvalue weighted by Crippen LogP contribution is -2.22. The summed E-state index contributed by atoms with van der Waals surface area (Å²) in [5, 5.41) is 0. The van der Waals surface area contributed by atoms with Crippen molar-refractivity contribution in [2.24, 2.45) is 0 Å². The molecule has 1 heterocycles. The third kappa shape index (κ3) is 9.21. The molecule has 1 saturated heterocycles. The third-order valence-electron chi connectivity index (χ3n) is 4.14. The van der Waals surface area contributed by atoms with E-state index in [0.29, 0.717) is 0 Å². The quantitative estimate of drug-likeness (QED) is 0.386. The topological polar surface area (TPSA) is 27.7 Å². The predicted molar refractivity (Wildman–Crippen MR) is 97.9 cm³/mol. The molecule has 1 unspecified atom stereocenters. The number of ether oxygens (including phenoxy) is 3. The zero-order valence-corrected chi connectivity index (χ0v) is 14.8. The van der Waals surface area contributed by atoms with E-state index in [1.807, 2.05) is 6.07 Å². The fourth-order valence-electron chi connectivity index (χ4n) is 2.72. The van der Waals surface area contributed by atoms with Crippen molar-refractivity contribution in [3.8, 4) is 0 Å². The molecule has 0 N–H and O–H groups in total. The largest absolute Gasteiger partial charge is 0.377 e. The highest BCUT2D eigenvalue weighted by molar-refractivity contribution is 5.13. The third-order valence-corrected chi connectivity index (χ3v) is 4.14. The Hall–Kier alpha value is -1.16. The smallest absolute Gasteiger partial charge is 0.157 e. The minimum Gasteiger partial charge on any atom is -0.377 e. The summed E-state index contributed by atoms with van der Waals surface area (Å²) in [4.78, 5) is 0. The van der Waals surface area contributed by atoms with Crippen molar-refractivity contribution in [1.82, 2.24) is 0 Å². The number of unbranched alkanes of at least 4 members (excludes halogenated alkanes) is 3. The van der Waals surface area contributed by atoms with E-state index in [4.69, 9.17) is 14.2 Å². The van der Waals surface area contributed by atoms with Gasteiger partial charge in [-0.2, -0.15) is 0 Å². The number of hydrogen-bond donors (Lipinski definition) is 0. The van der Waals surface area contributed by atoms with E-state index in [9.17, 15) is 0 Å². The average Bonchev–Trinajstić information content (AvgIpc) is 2.64. The summed E-state index contributed by atoms with van der Waals surface area (Å²) in [6.45, 7) is 3.24. The van der Waals surface area contributed by atoms with E-state index >= 15 is 0 Å². The van der Waals surface area contributed by atoms with Crippen molar-refractivity contribution in [3.05, 3.63) is 48.0 Å². The number of benzene rings is 1. The van der Waals surface area contributed by atoms with E-state index in [1.165, 1.54) is 24.8 Å². The van der Waals surface area contributed by atoms with E-state index in [-0.39, 0.29) is 6.29 Å². The van der Waals surface area contributed by atoms with Gasteiger partial charge in [0.15, 0.2) is 6.29 Å². The lowest BCUT2D eigenvalue weighted by Gasteiger charge is -2.22. The van der Waals surface area contributed by atoms with Crippen molar-refractivity contribution in [2.75, 3.05) is 19.8 Å². The van der Waals surface area contributed by atoms with Crippen molar-refractivity contribution in [2.45, 2.75) is 64.3 Å². The van der Waals surface area contributed by atoms with Gasteiger partial charge in [-0.05, 0) is 56.9 Å². The first-order valence-electron chi connectivity index (χ1n) is 9.45. The maximum absolute atomic E-state index is 5.72. The van der Waals surface area contributed by atoms with Crippen LogP contribution in [-0.2, 0) is 20.8 Å². The molecule has 0 amide bonds. The summed E-state index contributed by atoms with van der Waals surface area (Å²) in [6.07, 6.45) is 13.7. The van der Waals surface area contributed by atoms with Crippen LogP contribution >= 0.6 is 0 Å². The van der Waals surface area contributed by atoms with Crippen molar-refractivity contribution in [3.63, 3.8) is 0 Å². The average molecular weight is 332 g/mol. The van der Waals surface area contributed by atoms with Gasteiger partial charge in [0.1, 0.15) is 0 Å². The Kier molecular flexibility index (Phi) is 10.5. The number of rotatable bonds is 12. The number of allylic oxidation sites excluding steroid dienone is 2. The van der Waals surface area contributed by atoms with E-state index in [2.05, 4.69) is 36.4 Å². The first-order chi connectivity index (χ1) is 11.9. The van der Waals surface area contributed by atoms with Gasteiger partial charge >= 0.3 is 0 Å². The van der Waals surface area contributed by atoms with E-state index in [1.54, 1.807) is 0 Å². The molecule has 24 heavy (non-hydrogen) atoms. The van der Waals surface area contributed by atoms with E-state index in [0.717, 1.165) is 58.5 Å². The fourth-order valence-corrected chi connectivity index (χ4v) is 2.72. The summed E-state index contributed by atoms with van der Waals surface area (Å²) in [7, 11) is 0. The normalized spacial score (nSPS) is 18.2. The zero-order valence-electron chi connectivity index (χ0n) is 14.8. The summed E-state index contributed by atoms with van der Waals surface area (Å²) in [5.41, 5.74) is 1.25. The molecule has 0 bridgehead atoms. The van der Waals surface area contributed by atoms with Gasteiger partial charge in [0, 0.05) is 13.2 Å². The van der Waals surface area contributed by atoms with Crippen LogP contribution in [0.2, 0.25) is 0 Å². The monoisotopic (exact) mass is 332 g/mol. The molecule has 1 fully saturated rings. The molecule has 0 spiro atoms. The molecular formula is C21H32O3. The summed E-state index contributed by atoms with van der Waals surface area (Å²) in [5.74, 6) is 0. The molecule has 0 saturated carbocycles. The number of hydrogen-bond acceptors (Lipinski definition) is 3. The van der Waals surface area contributed by atoms with E-state index < -0.39 is 0 Å². The highest BCUT2D eigenvalue weighted by Gasteiger charge is 2.12. The van der Waals surface area contributed by atoms with Crippen LogP contribution in [0.15, 0.2) is 42.5 Å². The molecule has 0 aromatic heterocycles. The second kappa shape index (κ2) is 13.2. The SMILES string of the molecule is C(=C\CCCOC1CCCCO1)/CCCCOCc1ccccc1. The Morgan fingerprint density at radius 2 is 1.79 bits per heavy atom. The minimum atomic E-state index is 0.0543. The van der Waals surface area contributed by atoms with Gasteiger partial charge in [-0.25, -0.2) is 0 Å². The van der Waals surface area contributed by atoms with Crippen LogP contribution in [0.25, 0.3) is 0 Å². The Morgan fingerprint density at radius 1 is 0.958 bits per heavy atom. The maximum atomic E-state index is 5.72. The second-order valence-corrected chi connectivity index (χ2v) is 6.31. The van der Waals surface area contributed by atoms with Gasteiger partial charge in [0.05, 0.1) is 13.2 Å². The highest BCUT2D eigenvalue weighted by Crippen LogP contribution is 2.14. The Morgan fingerprint density at radius 3 is 2.58 bits per heavy atom. The van der Waals surface area contributed by atoms with Crippen molar-refractivity contribution in [1.29, 1.82) is 0 Å². The summed E-state index contributed by atoms with van der Waals surface area (Å²) < 4.78 is 16.9. The van der Waals surface area contributed by atoms with Crippen LogP contribution in [0.5, 0.6) is 0 Å². The van der Waals surface area contributed by atoms with Crippen LogP contribution in [-0.4, -0.2) is 26.1 Å². The Bertz CT molecular complexity index is 424. The molecule has 1 aliphatic heterocycles. The van der Waals surface area contributed by atoms with Gasteiger partial charge in [-0.3, -0.25) is 0 Å². The lowest BCUT2D eigenvalue weighted by atomic mass is 10.2. The first-order valence-corrected chi connectivity index (χ1v) is 9.45. The Labute approximate surface area is 147 Å². The van der Waals surface area contributed by atoms with Crippen LogP contribution in [0.1, 0.15) is 56.9 Å². The maximum Gasteiger partial charge on any atom is 0.157 e.